The van der Waals surface area contributed by atoms with Crippen LogP contribution in [0.3, 0.4) is 0 Å². The lowest BCUT2D eigenvalue weighted by molar-refractivity contribution is 0.176. The zero-order chi connectivity index (χ0) is 13.1. The van der Waals surface area contributed by atoms with E-state index in [0.29, 0.717) is 6.42 Å². The van der Waals surface area contributed by atoms with E-state index >= 15 is 0 Å². The Kier molecular flexibility index (Phi) is 3.62. The number of hydrogen-bond donors (Lipinski definition) is 1. The SMILES string of the molecule is OC(Cc1cccs1)Cc1cccc2ccccc12. The largest absolute Gasteiger partial charge is 0.392 e. The lowest BCUT2D eigenvalue weighted by Gasteiger charge is -2.11. The fraction of sp³-hybridized carbons (Fsp3) is 0.176. The molecule has 3 rings (SSSR count). The number of aliphatic hydroxyl groups excluding tert-OH is 1. The van der Waals surface area contributed by atoms with Crippen LogP contribution in [0.1, 0.15) is 10.4 Å². The van der Waals surface area contributed by atoms with Gasteiger partial charge in [0.25, 0.3) is 0 Å². The zero-order valence-electron chi connectivity index (χ0n) is 10.6. The number of hydrogen-bond acceptors (Lipinski definition) is 2. The molecule has 0 bridgehead atoms. The van der Waals surface area contributed by atoms with E-state index < -0.39 is 0 Å². The number of rotatable bonds is 4. The highest BCUT2D eigenvalue weighted by Crippen LogP contribution is 2.21. The van der Waals surface area contributed by atoms with Crippen molar-refractivity contribution in [2.24, 2.45) is 0 Å². The van der Waals surface area contributed by atoms with Crippen molar-refractivity contribution in [1.29, 1.82) is 0 Å². The second kappa shape index (κ2) is 5.55. The van der Waals surface area contributed by atoms with E-state index in [2.05, 4.69) is 47.8 Å². The Bertz CT molecular complexity index is 653. The molecule has 0 saturated carbocycles. The van der Waals surface area contributed by atoms with Gasteiger partial charge in [0.05, 0.1) is 6.10 Å². The molecule has 1 heterocycles. The second-order valence-electron chi connectivity index (χ2n) is 4.78. The monoisotopic (exact) mass is 268 g/mol. The van der Waals surface area contributed by atoms with E-state index in [0.717, 1.165) is 6.42 Å². The highest BCUT2D eigenvalue weighted by molar-refractivity contribution is 7.09. The van der Waals surface area contributed by atoms with E-state index in [4.69, 9.17) is 0 Å². The molecule has 1 unspecified atom stereocenters. The van der Waals surface area contributed by atoms with Gasteiger partial charge in [-0.25, -0.2) is 0 Å². The summed E-state index contributed by atoms with van der Waals surface area (Å²) in [6.07, 6.45) is 1.13. The van der Waals surface area contributed by atoms with Gasteiger partial charge < -0.3 is 5.11 Å². The molecule has 0 amide bonds. The maximum absolute atomic E-state index is 10.2. The van der Waals surface area contributed by atoms with Gasteiger partial charge in [0, 0.05) is 11.3 Å². The summed E-state index contributed by atoms with van der Waals surface area (Å²) < 4.78 is 0. The summed E-state index contributed by atoms with van der Waals surface area (Å²) in [5.74, 6) is 0. The summed E-state index contributed by atoms with van der Waals surface area (Å²) in [5.41, 5.74) is 1.22. The number of aliphatic hydroxyl groups is 1. The predicted octanol–water partition coefficient (Wildman–Crippen LogP) is 4.05. The van der Waals surface area contributed by atoms with Crippen LogP contribution in [-0.2, 0) is 12.8 Å². The van der Waals surface area contributed by atoms with E-state index in [-0.39, 0.29) is 6.10 Å². The maximum Gasteiger partial charge on any atom is 0.0628 e. The molecule has 3 aromatic rings. The minimum absolute atomic E-state index is 0.315. The highest BCUT2D eigenvalue weighted by atomic mass is 32.1. The number of fused-ring (bicyclic) bond motifs is 1. The molecule has 1 aromatic heterocycles. The van der Waals surface area contributed by atoms with Crippen molar-refractivity contribution >= 4 is 22.1 Å². The van der Waals surface area contributed by atoms with Gasteiger partial charge in [-0.1, -0.05) is 48.5 Å². The van der Waals surface area contributed by atoms with Gasteiger partial charge in [-0.05, 0) is 34.2 Å². The Morgan fingerprint density at radius 3 is 2.58 bits per heavy atom. The first kappa shape index (κ1) is 12.4. The van der Waals surface area contributed by atoms with Crippen molar-refractivity contribution in [1.82, 2.24) is 0 Å². The summed E-state index contributed by atoms with van der Waals surface area (Å²) >= 11 is 1.71. The van der Waals surface area contributed by atoms with Crippen LogP contribution < -0.4 is 0 Å². The number of thiophene rings is 1. The summed E-state index contributed by atoms with van der Waals surface area (Å²) in [6.45, 7) is 0. The standard InChI is InChI=1S/C17H16OS/c18-15(12-16-8-4-10-19-16)11-14-7-3-6-13-5-1-2-9-17(13)14/h1-10,15,18H,11-12H2. The average Bonchev–Trinajstić information content (AvgIpc) is 2.92. The van der Waals surface area contributed by atoms with E-state index in [1.807, 2.05) is 12.1 Å². The van der Waals surface area contributed by atoms with Crippen LogP contribution in [0.4, 0.5) is 0 Å². The zero-order valence-corrected chi connectivity index (χ0v) is 11.4. The first-order chi connectivity index (χ1) is 9.33. The van der Waals surface area contributed by atoms with Crippen molar-refractivity contribution in [3.8, 4) is 0 Å². The molecule has 1 atom stereocenters. The summed E-state index contributed by atoms with van der Waals surface area (Å²) in [5, 5.41) is 14.8. The Balaban J connectivity index is 1.81. The first-order valence-electron chi connectivity index (χ1n) is 6.50. The topological polar surface area (TPSA) is 20.2 Å². The Hall–Kier alpha value is -1.64. The molecule has 0 aliphatic heterocycles. The fourth-order valence-corrected chi connectivity index (χ4v) is 3.24. The van der Waals surface area contributed by atoms with Gasteiger partial charge in [0.2, 0.25) is 0 Å². The van der Waals surface area contributed by atoms with Crippen molar-refractivity contribution in [2.75, 3.05) is 0 Å². The molecule has 0 aliphatic rings. The van der Waals surface area contributed by atoms with Crippen molar-refractivity contribution in [3.63, 3.8) is 0 Å². The van der Waals surface area contributed by atoms with E-state index in [1.54, 1.807) is 11.3 Å². The second-order valence-corrected chi connectivity index (χ2v) is 5.81. The summed E-state index contributed by atoms with van der Waals surface area (Å²) in [4.78, 5) is 1.24. The first-order valence-corrected chi connectivity index (χ1v) is 7.38. The Morgan fingerprint density at radius 1 is 0.895 bits per heavy atom. The molecule has 1 nitrogen and oxygen atoms in total. The lowest BCUT2D eigenvalue weighted by atomic mass is 9.98. The minimum Gasteiger partial charge on any atom is -0.392 e. The maximum atomic E-state index is 10.2. The van der Waals surface area contributed by atoms with Gasteiger partial charge in [-0.2, -0.15) is 0 Å². The molecule has 2 aromatic carbocycles. The summed E-state index contributed by atoms with van der Waals surface area (Å²) in [7, 11) is 0. The van der Waals surface area contributed by atoms with Crippen LogP contribution in [0.25, 0.3) is 10.8 Å². The molecular weight excluding hydrogens is 252 g/mol. The number of benzene rings is 2. The van der Waals surface area contributed by atoms with Crippen LogP contribution in [0.15, 0.2) is 60.0 Å². The van der Waals surface area contributed by atoms with Gasteiger partial charge in [-0.15, -0.1) is 11.3 Å². The molecule has 0 saturated heterocycles. The molecule has 0 aliphatic carbocycles. The molecule has 1 N–H and O–H groups in total. The molecule has 19 heavy (non-hydrogen) atoms. The van der Waals surface area contributed by atoms with Gasteiger partial charge >= 0.3 is 0 Å². The normalized spacial score (nSPS) is 12.7. The van der Waals surface area contributed by atoms with Crippen LogP contribution in [0.2, 0.25) is 0 Å². The lowest BCUT2D eigenvalue weighted by Crippen LogP contribution is -2.13. The van der Waals surface area contributed by atoms with Gasteiger partial charge in [0.15, 0.2) is 0 Å². The molecule has 2 heteroatoms. The molecule has 0 radical (unpaired) electrons. The van der Waals surface area contributed by atoms with Crippen LogP contribution >= 0.6 is 11.3 Å². The van der Waals surface area contributed by atoms with E-state index in [1.165, 1.54) is 21.2 Å². The van der Waals surface area contributed by atoms with Crippen molar-refractivity contribution in [2.45, 2.75) is 18.9 Å². The van der Waals surface area contributed by atoms with E-state index in [9.17, 15) is 5.11 Å². The smallest absolute Gasteiger partial charge is 0.0628 e. The van der Waals surface area contributed by atoms with Crippen LogP contribution in [-0.4, -0.2) is 11.2 Å². The fourth-order valence-electron chi connectivity index (χ4n) is 2.46. The Labute approximate surface area is 117 Å². The molecule has 96 valence electrons. The Morgan fingerprint density at radius 2 is 1.74 bits per heavy atom. The highest BCUT2D eigenvalue weighted by Gasteiger charge is 2.09. The van der Waals surface area contributed by atoms with Crippen molar-refractivity contribution < 1.29 is 5.11 Å². The minimum atomic E-state index is -0.315. The van der Waals surface area contributed by atoms with Crippen LogP contribution in [0.5, 0.6) is 0 Å². The average molecular weight is 268 g/mol. The molecular formula is C17H16OS. The third kappa shape index (κ3) is 2.86. The quantitative estimate of drug-likeness (QED) is 0.757. The third-order valence-corrected chi connectivity index (χ3v) is 4.25. The van der Waals surface area contributed by atoms with Crippen LogP contribution in [0, 0.1) is 0 Å². The predicted molar refractivity (Wildman–Crippen MR) is 81.7 cm³/mol. The molecule has 0 fully saturated rings. The molecule has 0 spiro atoms. The third-order valence-electron chi connectivity index (χ3n) is 3.35. The van der Waals surface area contributed by atoms with Crippen molar-refractivity contribution in [3.05, 3.63) is 70.4 Å². The van der Waals surface area contributed by atoms with Gasteiger partial charge in [-0.3, -0.25) is 0 Å². The summed E-state index contributed by atoms with van der Waals surface area (Å²) in [6, 6.07) is 18.8. The van der Waals surface area contributed by atoms with Gasteiger partial charge in [0.1, 0.15) is 0 Å².